The van der Waals surface area contributed by atoms with E-state index in [2.05, 4.69) is 6.58 Å². The third-order valence-electron chi connectivity index (χ3n) is 3.89. The topological polar surface area (TPSA) is 61.8 Å². The van der Waals surface area contributed by atoms with Crippen molar-refractivity contribution in [1.82, 2.24) is 0 Å². The Bertz CT molecular complexity index is 614. The number of ether oxygens (including phenoxy) is 3. The van der Waals surface area contributed by atoms with E-state index in [1.54, 1.807) is 24.3 Å². The summed E-state index contributed by atoms with van der Waals surface area (Å²) in [5.41, 5.74) is 0.845. The van der Waals surface area contributed by atoms with Gasteiger partial charge in [0.15, 0.2) is 6.10 Å². The van der Waals surface area contributed by atoms with Gasteiger partial charge in [-0.3, -0.25) is 4.79 Å². The van der Waals surface area contributed by atoms with E-state index in [-0.39, 0.29) is 24.1 Å². The van der Waals surface area contributed by atoms with E-state index >= 15 is 0 Å². The van der Waals surface area contributed by atoms with Crippen molar-refractivity contribution in [2.24, 2.45) is 5.41 Å². The van der Waals surface area contributed by atoms with Crippen LogP contribution in [-0.4, -0.2) is 36.9 Å². The van der Waals surface area contributed by atoms with Gasteiger partial charge in [-0.25, -0.2) is 4.79 Å². The Morgan fingerprint density at radius 3 is 2.38 bits per heavy atom. The summed E-state index contributed by atoms with van der Waals surface area (Å²) in [6.45, 7) is 11.4. The highest BCUT2D eigenvalue weighted by Gasteiger charge is 2.47. The average molecular weight is 332 g/mol. The fourth-order valence-electron chi connectivity index (χ4n) is 2.64. The molecular formula is C19H24O5. The predicted octanol–water partition coefficient (Wildman–Crippen LogP) is 3.14. The van der Waals surface area contributed by atoms with Gasteiger partial charge in [-0.15, -0.1) is 0 Å². The zero-order valence-electron chi connectivity index (χ0n) is 14.6. The summed E-state index contributed by atoms with van der Waals surface area (Å²) in [6, 6.07) is 8.75. The quantitative estimate of drug-likeness (QED) is 0.626. The third-order valence-corrected chi connectivity index (χ3v) is 3.89. The summed E-state index contributed by atoms with van der Waals surface area (Å²) in [6.07, 6.45) is -1.37. The van der Waals surface area contributed by atoms with Crippen molar-refractivity contribution >= 4 is 11.9 Å². The van der Waals surface area contributed by atoms with E-state index < -0.39 is 18.2 Å². The van der Waals surface area contributed by atoms with Gasteiger partial charge < -0.3 is 14.2 Å². The Kier molecular flexibility index (Phi) is 5.44. The van der Waals surface area contributed by atoms with Crippen LogP contribution in [0.1, 0.15) is 38.1 Å². The predicted molar refractivity (Wildman–Crippen MR) is 89.5 cm³/mol. The lowest BCUT2D eigenvalue weighted by Gasteiger charge is -2.30. The van der Waals surface area contributed by atoms with Gasteiger partial charge in [0, 0.05) is 6.92 Å². The number of benzene rings is 1. The molecule has 130 valence electrons. The number of hydrogen-bond donors (Lipinski definition) is 0. The molecule has 1 saturated heterocycles. The van der Waals surface area contributed by atoms with E-state index in [9.17, 15) is 9.59 Å². The Morgan fingerprint density at radius 2 is 1.83 bits per heavy atom. The van der Waals surface area contributed by atoms with Crippen LogP contribution in [0.5, 0.6) is 0 Å². The Labute approximate surface area is 142 Å². The smallest absolute Gasteiger partial charge is 0.338 e. The van der Waals surface area contributed by atoms with E-state index in [4.69, 9.17) is 14.2 Å². The minimum atomic E-state index is -0.539. The van der Waals surface area contributed by atoms with Crippen LogP contribution < -0.4 is 0 Å². The van der Waals surface area contributed by atoms with Gasteiger partial charge in [-0.1, -0.05) is 45.5 Å². The van der Waals surface area contributed by atoms with E-state index in [1.165, 1.54) is 6.92 Å². The highest BCUT2D eigenvalue weighted by atomic mass is 16.6. The lowest BCUT2D eigenvalue weighted by atomic mass is 9.85. The van der Waals surface area contributed by atoms with Crippen LogP contribution in [0, 0.1) is 5.41 Å². The molecule has 2 rings (SSSR count). The number of rotatable bonds is 4. The molecule has 1 heterocycles. The number of esters is 2. The highest BCUT2D eigenvalue weighted by molar-refractivity contribution is 5.89. The van der Waals surface area contributed by atoms with Gasteiger partial charge in [-0.2, -0.15) is 0 Å². The summed E-state index contributed by atoms with van der Waals surface area (Å²) in [5.74, 6) is -0.809. The van der Waals surface area contributed by atoms with Crippen molar-refractivity contribution in [3.8, 4) is 0 Å². The molecule has 5 heteroatoms. The molecule has 0 spiro atoms. The van der Waals surface area contributed by atoms with Crippen LogP contribution in [0.4, 0.5) is 0 Å². The first-order chi connectivity index (χ1) is 11.2. The van der Waals surface area contributed by atoms with Crippen LogP contribution in [0.2, 0.25) is 0 Å². The van der Waals surface area contributed by atoms with Crippen molar-refractivity contribution in [2.45, 2.75) is 46.0 Å². The van der Waals surface area contributed by atoms with Crippen LogP contribution in [0.25, 0.3) is 0 Å². The molecule has 0 unspecified atom stereocenters. The molecule has 0 bridgehead atoms. The van der Waals surface area contributed by atoms with Gasteiger partial charge in [0.25, 0.3) is 0 Å². The molecule has 1 fully saturated rings. The molecular weight excluding hydrogens is 308 g/mol. The van der Waals surface area contributed by atoms with Crippen LogP contribution >= 0.6 is 0 Å². The third kappa shape index (κ3) is 4.23. The maximum Gasteiger partial charge on any atom is 0.338 e. The number of carbonyl (C=O) groups is 2. The fraction of sp³-hybridized carbons (Fsp3) is 0.474. The maximum absolute atomic E-state index is 12.1. The molecule has 0 N–H and O–H groups in total. The van der Waals surface area contributed by atoms with Crippen LogP contribution in [0.15, 0.2) is 42.5 Å². The second-order valence-corrected chi connectivity index (χ2v) is 6.98. The lowest BCUT2D eigenvalue weighted by molar-refractivity contribution is -0.151. The zero-order chi connectivity index (χ0) is 17.9. The Hall–Kier alpha value is -2.14. The minimum absolute atomic E-state index is 0.0386. The summed E-state index contributed by atoms with van der Waals surface area (Å²) in [4.78, 5) is 23.4. The number of carbonyl (C=O) groups excluding carboxylic acids is 2. The van der Waals surface area contributed by atoms with Gasteiger partial charge >= 0.3 is 11.9 Å². The van der Waals surface area contributed by atoms with Gasteiger partial charge in [0.2, 0.25) is 0 Å². The van der Waals surface area contributed by atoms with Crippen molar-refractivity contribution < 1.29 is 23.8 Å². The van der Waals surface area contributed by atoms with Gasteiger partial charge in [0.05, 0.1) is 5.56 Å². The molecule has 5 nitrogen and oxygen atoms in total. The average Bonchev–Trinajstić information content (AvgIpc) is 2.82. The summed E-state index contributed by atoms with van der Waals surface area (Å²) >= 11 is 0. The van der Waals surface area contributed by atoms with Crippen LogP contribution in [-0.2, 0) is 19.0 Å². The van der Waals surface area contributed by atoms with Crippen molar-refractivity contribution in [1.29, 1.82) is 0 Å². The lowest BCUT2D eigenvalue weighted by Crippen LogP contribution is -2.37. The SMILES string of the molecule is C=C1[C@@H](OC(C)=O)[C@H](C(C)(C)C)O[C@@H]1COC(=O)c1ccccc1. The number of hydrogen-bond acceptors (Lipinski definition) is 5. The van der Waals surface area contributed by atoms with E-state index in [0.29, 0.717) is 11.1 Å². The molecule has 0 aromatic heterocycles. The second kappa shape index (κ2) is 7.18. The molecule has 0 aliphatic carbocycles. The van der Waals surface area contributed by atoms with Crippen molar-refractivity contribution in [3.63, 3.8) is 0 Å². The van der Waals surface area contributed by atoms with Crippen LogP contribution in [0.3, 0.4) is 0 Å². The molecule has 1 aromatic rings. The molecule has 0 saturated carbocycles. The zero-order valence-corrected chi connectivity index (χ0v) is 14.6. The first kappa shape index (κ1) is 18.2. The van der Waals surface area contributed by atoms with Crippen molar-refractivity contribution in [2.75, 3.05) is 6.61 Å². The molecule has 24 heavy (non-hydrogen) atoms. The Balaban J connectivity index is 2.04. The first-order valence-electron chi connectivity index (χ1n) is 7.93. The van der Waals surface area contributed by atoms with E-state index in [0.717, 1.165) is 0 Å². The first-order valence-corrected chi connectivity index (χ1v) is 7.93. The minimum Gasteiger partial charge on any atom is -0.459 e. The second-order valence-electron chi connectivity index (χ2n) is 6.98. The van der Waals surface area contributed by atoms with E-state index in [1.807, 2.05) is 26.8 Å². The molecule has 1 aliphatic rings. The molecule has 1 aromatic carbocycles. The summed E-state index contributed by atoms with van der Waals surface area (Å²) < 4.78 is 16.7. The summed E-state index contributed by atoms with van der Waals surface area (Å²) in [5, 5.41) is 0. The van der Waals surface area contributed by atoms with Gasteiger partial charge in [-0.05, 0) is 23.1 Å². The maximum atomic E-state index is 12.1. The van der Waals surface area contributed by atoms with Crippen molar-refractivity contribution in [3.05, 3.63) is 48.0 Å². The molecule has 0 radical (unpaired) electrons. The highest BCUT2D eigenvalue weighted by Crippen LogP contribution is 2.38. The summed E-state index contributed by atoms with van der Waals surface area (Å²) in [7, 11) is 0. The molecule has 1 aliphatic heterocycles. The standard InChI is InChI=1S/C19H24O5/c1-12-15(11-22-18(21)14-9-7-6-8-10-14)24-17(19(3,4)5)16(12)23-13(2)20/h6-10,15-17H,1,11H2,2-5H3/t15-,16-,17-/m1/s1. The monoisotopic (exact) mass is 332 g/mol. The molecule has 3 atom stereocenters. The Morgan fingerprint density at radius 1 is 1.21 bits per heavy atom. The fourth-order valence-corrected chi connectivity index (χ4v) is 2.64. The van der Waals surface area contributed by atoms with Gasteiger partial charge in [0.1, 0.15) is 18.8 Å². The largest absolute Gasteiger partial charge is 0.459 e. The molecule has 0 amide bonds. The normalized spacial score (nSPS) is 23.8.